The molecule has 0 radical (unpaired) electrons. The van der Waals surface area contributed by atoms with Crippen molar-refractivity contribution < 1.29 is 14.3 Å². The minimum absolute atomic E-state index is 0.0575. The smallest absolute Gasteiger partial charge is 0.251 e. The molecule has 144 valence electrons. The molecule has 2 aromatic rings. The van der Waals surface area contributed by atoms with Crippen molar-refractivity contribution in [3.05, 3.63) is 59.7 Å². The van der Waals surface area contributed by atoms with Crippen LogP contribution in [0.5, 0.6) is 11.5 Å². The molecule has 0 saturated carbocycles. The Bertz CT molecular complexity index is 740. The van der Waals surface area contributed by atoms with Crippen molar-refractivity contribution in [2.45, 2.75) is 32.4 Å². The van der Waals surface area contributed by atoms with E-state index < -0.39 is 0 Å². The molecule has 0 spiro atoms. The molecule has 1 aliphatic heterocycles. The number of rotatable bonds is 7. The van der Waals surface area contributed by atoms with Gasteiger partial charge >= 0.3 is 0 Å². The van der Waals surface area contributed by atoms with Gasteiger partial charge in [-0.2, -0.15) is 0 Å². The summed E-state index contributed by atoms with van der Waals surface area (Å²) in [5, 5.41) is 3.16. The Morgan fingerprint density at radius 2 is 1.85 bits per heavy atom. The van der Waals surface area contributed by atoms with Crippen molar-refractivity contribution in [2.24, 2.45) is 0 Å². The van der Waals surface area contributed by atoms with E-state index in [-0.39, 0.29) is 11.9 Å². The van der Waals surface area contributed by atoms with Gasteiger partial charge in [0, 0.05) is 31.2 Å². The fraction of sp³-hybridized carbons (Fsp3) is 0.409. The first kappa shape index (κ1) is 19.2. The summed E-state index contributed by atoms with van der Waals surface area (Å²) in [4.78, 5) is 15.0. The number of methoxy groups -OCH3 is 1. The molecule has 1 heterocycles. The van der Waals surface area contributed by atoms with Crippen LogP contribution in [0.4, 0.5) is 0 Å². The van der Waals surface area contributed by atoms with Crippen LogP contribution in [-0.2, 0) is 6.54 Å². The van der Waals surface area contributed by atoms with Crippen molar-refractivity contribution in [3.63, 3.8) is 0 Å². The molecule has 5 heteroatoms. The Morgan fingerprint density at radius 3 is 2.52 bits per heavy atom. The first-order valence-corrected chi connectivity index (χ1v) is 9.57. The lowest BCUT2D eigenvalue weighted by atomic mass is 10.0. The molecule has 1 fully saturated rings. The van der Waals surface area contributed by atoms with Gasteiger partial charge in [-0.15, -0.1) is 0 Å². The van der Waals surface area contributed by atoms with Crippen molar-refractivity contribution >= 4 is 5.91 Å². The number of nitrogens with one attached hydrogen (secondary N) is 1. The second-order valence-corrected chi connectivity index (χ2v) is 6.81. The topological polar surface area (TPSA) is 50.8 Å². The quantitative estimate of drug-likeness (QED) is 0.813. The largest absolute Gasteiger partial charge is 0.493 e. The standard InChI is InChI=1S/C22H28N2O3/c1-3-27-20-10-9-18(15-21(20)26-2)22(25)23-19-11-13-24(14-12-19)16-17-7-5-4-6-8-17/h4-10,15,19H,3,11-14,16H2,1-2H3,(H,23,25). The highest BCUT2D eigenvalue weighted by atomic mass is 16.5. The zero-order valence-electron chi connectivity index (χ0n) is 16.1. The second kappa shape index (κ2) is 9.42. The van der Waals surface area contributed by atoms with Gasteiger partial charge in [-0.3, -0.25) is 9.69 Å². The second-order valence-electron chi connectivity index (χ2n) is 6.81. The highest BCUT2D eigenvalue weighted by Gasteiger charge is 2.21. The predicted molar refractivity (Wildman–Crippen MR) is 106 cm³/mol. The molecule has 5 nitrogen and oxygen atoms in total. The summed E-state index contributed by atoms with van der Waals surface area (Å²) >= 11 is 0. The van der Waals surface area contributed by atoms with Crippen LogP contribution in [0.25, 0.3) is 0 Å². The molecule has 1 N–H and O–H groups in total. The number of benzene rings is 2. The van der Waals surface area contributed by atoms with Crippen LogP contribution in [-0.4, -0.2) is 43.7 Å². The minimum Gasteiger partial charge on any atom is -0.493 e. The maximum atomic E-state index is 12.6. The van der Waals surface area contributed by atoms with Crippen molar-refractivity contribution in [2.75, 3.05) is 26.8 Å². The molecule has 0 bridgehead atoms. The van der Waals surface area contributed by atoms with Crippen LogP contribution in [0, 0.1) is 0 Å². The van der Waals surface area contributed by atoms with Crippen LogP contribution in [0.1, 0.15) is 35.7 Å². The van der Waals surface area contributed by atoms with Gasteiger partial charge in [0.15, 0.2) is 11.5 Å². The van der Waals surface area contributed by atoms with Crippen molar-refractivity contribution in [3.8, 4) is 11.5 Å². The maximum Gasteiger partial charge on any atom is 0.251 e. The van der Waals surface area contributed by atoms with E-state index in [0.717, 1.165) is 32.5 Å². The van der Waals surface area contributed by atoms with Gasteiger partial charge in [0.1, 0.15) is 0 Å². The lowest BCUT2D eigenvalue weighted by Crippen LogP contribution is -2.44. The summed E-state index contributed by atoms with van der Waals surface area (Å²) in [5.41, 5.74) is 1.93. The summed E-state index contributed by atoms with van der Waals surface area (Å²) in [5.74, 6) is 1.19. The van der Waals surface area contributed by atoms with Gasteiger partial charge in [0.2, 0.25) is 0 Å². The Morgan fingerprint density at radius 1 is 1.11 bits per heavy atom. The lowest BCUT2D eigenvalue weighted by molar-refractivity contribution is 0.0908. The predicted octanol–water partition coefficient (Wildman–Crippen LogP) is 3.49. The van der Waals surface area contributed by atoms with Gasteiger partial charge < -0.3 is 14.8 Å². The maximum absolute atomic E-state index is 12.6. The van der Waals surface area contributed by atoms with E-state index in [0.29, 0.717) is 23.7 Å². The van der Waals surface area contributed by atoms with E-state index in [9.17, 15) is 4.79 Å². The molecule has 0 aromatic heterocycles. The summed E-state index contributed by atoms with van der Waals surface area (Å²) in [7, 11) is 1.59. The van der Waals surface area contributed by atoms with Crippen LogP contribution < -0.4 is 14.8 Å². The Hall–Kier alpha value is -2.53. The van der Waals surface area contributed by atoms with E-state index in [1.54, 1.807) is 25.3 Å². The molecule has 27 heavy (non-hydrogen) atoms. The zero-order valence-corrected chi connectivity index (χ0v) is 16.1. The Kier molecular flexibility index (Phi) is 6.71. The molecule has 1 aliphatic rings. The number of likely N-dealkylation sites (tertiary alicyclic amines) is 1. The van der Waals surface area contributed by atoms with Crippen molar-refractivity contribution in [1.82, 2.24) is 10.2 Å². The third-order valence-corrected chi connectivity index (χ3v) is 4.90. The molecule has 2 aromatic carbocycles. The average molecular weight is 368 g/mol. The SMILES string of the molecule is CCOc1ccc(C(=O)NC2CCN(Cc3ccccc3)CC2)cc1OC. The molecular weight excluding hydrogens is 340 g/mol. The Labute approximate surface area is 161 Å². The minimum atomic E-state index is -0.0575. The monoisotopic (exact) mass is 368 g/mol. The number of nitrogens with zero attached hydrogens (tertiary/aromatic N) is 1. The number of hydrogen-bond acceptors (Lipinski definition) is 4. The fourth-order valence-electron chi connectivity index (χ4n) is 3.43. The fourth-order valence-corrected chi connectivity index (χ4v) is 3.43. The van der Waals surface area contributed by atoms with E-state index in [1.165, 1.54) is 5.56 Å². The summed E-state index contributed by atoms with van der Waals surface area (Å²) in [6.07, 6.45) is 1.93. The zero-order chi connectivity index (χ0) is 19.1. The molecule has 1 saturated heterocycles. The van der Waals surface area contributed by atoms with E-state index in [1.807, 2.05) is 13.0 Å². The number of carbonyl (C=O) groups is 1. The lowest BCUT2D eigenvalue weighted by Gasteiger charge is -2.32. The van der Waals surface area contributed by atoms with Crippen LogP contribution >= 0.6 is 0 Å². The van der Waals surface area contributed by atoms with Gasteiger partial charge in [-0.25, -0.2) is 0 Å². The number of amides is 1. The normalized spacial score (nSPS) is 15.3. The van der Waals surface area contributed by atoms with Gasteiger partial charge in [-0.05, 0) is 43.5 Å². The van der Waals surface area contributed by atoms with Gasteiger partial charge in [-0.1, -0.05) is 30.3 Å². The van der Waals surface area contributed by atoms with E-state index in [4.69, 9.17) is 9.47 Å². The molecule has 0 unspecified atom stereocenters. The first-order valence-electron chi connectivity index (χ1n) is 9.57. The highest BCUT2D eigenvalue weighted by molar-refractivity contribution is 5.95. The average Bonchev–Trinajstić information content (AvgIpc) is 2.70. The number of hydrogen-bond donors (Lipinski definition) is 1. The Balaban J connectivity index is 1.52. The number of piperidine rings is 1. The summed E-state index contributed by atoms with van der Waals surface area (Å²) in [6, 6.07) is 16.0. The highest BCUT2D eigenvalue weighted by Crippen LogP contribution is 2.28. The van der Waals surface area contributed by atoms with Crippen LogP contribution in [0.3, 0.4) is 0 Å². The molecule has 1 amide bonds. The third-order valence-electron chi connectivity index (χ3n) is 4.90. The van der Waals surface area contributed by atoms with E-state index >= 15 is 0 Å². The molecule has 3 rings (SSSR count). The van der Waals surface area contributed by atoms with Crippen LogP contribution in [0.2, 0.25) is 0 Å². The third kappa shape index (κ3) is 5.23. The van der Waals surface area contributed by atoms with Gasteiger partial charge in [0.25, 0.3) is 5.91 Å². The van der Waals surface area contributed by atoms with Crippen LogP contribution in [0.15, 0.2) is 48.5 Å². The number of carbonyl (C=O) groups excluding carboxylic acids is 1. The molecule has 0 aliphatic carbocycles. The molecular formula is C22H28N2O3. The molecule has 0 atom stereocenters. The number of ether oxygens (including phenoxy) is 2. The van der Waals surface area contributed by atoms with Gasteiger partial charge in [0.05, 0.1) is 13.7 Å². The first-order chi connectivity index (χ1) is 13.2. The summed E-state index contributed by atoms with van der Waals surface area (Å²) in [6.45, 7) is 5.43. The van der Waals surface area contributed by atoms with E-state index in [2.05, 4.69) is 34.5 Å². The van der Waals surface area contributed by atoms with Crippen molar-refractivity contribution in [1.29, 1.82) is 0 Å². The summed E-state index contributed by atoms with van der Waals surface area (Å²) < 4.78 is 10.8.